The van der Waals surface area contributed by atoms with Gasteiger partial charge in [-0.05, 0) is 37.8 Å². The number of hydrogen-bond acceptors (Lipinski definition) is 4. The highest BCUT2D eigenvalue weighted by Crippen LogP contribution is 2.33. The lowest BCUT2D eigenvalue weighted by atomic mass is 10.2. The lowest BCUT2D eigenvalue weighted by molar-refractivity contribution is 0.164. The molecular weight excluding hydrogens is 216 g/mol. The molecule has 0 amide bonds. The van der Waals surface area contributed by atoms with Gasteiger partial charge in [-0.2, -0.15) is 0 Å². The van der Waals surface area contributed by atoms with Gasteiger partial charge in [0.25, 0.3) is 0 Å². The molecule has 0 aliphatic heterocycles. The molecule has 0 bridgehead atoms. The van der Waals surface area contributed by atoms with Gasteiger partial charge in [-0.15, -0.1) is 0 Å². The maximum absolute atomic E-state index is 9.76. The van der Waals surface area contributed by atoms with Crippen molar-refractivity contribution < 1.29 is 9.84 Å². The molecule has 0 aromatic heterocycles. The topological polar surface area (TPSA) is 67.5 Å². The van der Waals surface area contributed by atoms with Crippen molar-refractivity contribution in [1.82, 2.24) is 0 Å². The third-order valence-corrected chi connectivity index (χ3v) is 2.99. The van der Waals surface area contributed by atoms with E-state index in [0.717, 1.165) is 18.5 Å². The van der Waals surface area contributed by atoms with Crippen molar-refractivity contribution >= 4 is 11.4 Å². The Hall–Kier alpha value is -1.42. The van der Waals surface area contributed by atoms with E-state index >= 15 is 0 Å². The van der Waals surface area contributed by atoms with Gasteiger partial charge in [0.1, 0.15) is 5.75 Å². The number of benzene rings is 1. The van der Waals surface area contributed by atoms with E-state index < -0.39 is 0 Å². The molecule has 94 valence electrons. The zero-order valence-corrected chi connectivity index (χ0v) is 10.1. The molecule has 0 spiro atoms. The Balaban J connectivity index is 1.93. The predicted molar refractivity (Wildman–Crippen MR) is 69.2 cm³/mol. The van der Waals surface area contributed by atoms with Gasteiger partial charge in [-0.25, -0.2) is 0 Å². The van der Waals surface area contributed by atoms with Gasteiger partial charge >= 0.3 is 0 Å². The summed E-state index contributed by atoms with van der Waals surface area (Å²) in [4.78, 5) is 0. The van der Waals surface area contributed by atoms with Crippen molar-refractivity contribution in [3.63, 3.8) is 0 Å². The Kier molecular flexibility index (Phi) is 3.74. The van der Waals surface area contributed by atoms with Crippen LogP contribution in [0, 0.1) is 5.92 Å². The molecule has 1 fully saturated rings. The quantitative estimate of drug-likeness (QED) is 0.659. The van der Waals surface area contributed by atoms with Crippen molar-refractivity contribution in [1.29, 1.82) is 0 Å². The fourth-order valence-corrected chi connectivity index (χ4v) is 1.79. The molecule has 0 heterocycles. The second-order valence-corrected chi connectivity index (χ2v) is 4.47. The van der Waals surface area contributed by atoms with E-state index in [1.807, 2.05) is 25.1 Å². The lowest BCUT2D eigenvalue weighted by Gasteiger charge is -2.13. The maximum atomic E-state index is 9.76. The van der Waals surface area contributed by atoms with Crippen molar-refractivity contribution in [3.8, 4) is 5.75 Å². The number of nitrogens with two attached hydrogens (primary N) is 1. The van der Waals surface area contributed by atoms with Crippen LogP contribution in [-0.4, -0.2) is 24.4 Å². The number of rotatable bonds is 6. The summed E-state index contributed by atoms with van der Waals surface area (Å²) >= 11 is 0. The number of nitrogens with one attached hydrogen (secondary N) is 1. The summed E-state index contributed by atoms with van der Waals surface area (Å²) in [6.45, 7) is 3.11. The Morgan fingerprint density at radius 2 is 2.29 bits per heavy atom. The van der Waals surface area contributed by atoms with Crippen molar-refractivity contribution in [2.75, 3.05) is 24.2 Å². The number of aliphatic hydroxyl groups excluding tert-OH is 1. The fourth-order valence-electron chi connectivity index (χ4n) is 1.79. The van der Waals surface area contributed by atoms with Crippen LogP contribution in [0.5, 0.6) is 5.75 Å². The van der Waals surface area contributed by atoms with E-state index in [0.29, 0.717) is 30.5 Å². The number of nitrogen functional groups attached to an aromatic ring is 1. The minimum absolute atomic E-state index is 0.247. The zero-order chi connectivity index (χ0) is 12.3. The highest BCUT2D eigenvalue weighted by molar-refractivity contribution is 5.61. The van der Waals surface area contributed by atoms with E-state index in [1.165, 1.54) is 0 Å². The third-order valence-electron chi connectivity index (χ3n) is 2.99. The van der Waals surface area contributed by atoms with E-state index in [9.17, 15) is 5.11 Å². The second kappa shape index (κ2) is 5.27. The highest BCUT2D eigenvalue weighted by Gasteiger charge is 2.29. The monoisotopic (exact) mass is 236 g/mol. The minimum atomic E-state index is -0.247. The summed E-state index contributed by atoms with van der Waals surface area (Å²) in [6.07, 6.45) is 2.05. The van der Waals surface area contributed by atoms with Gasteiger partial charge in [0, 0.05) is 18.3 Å². The number of aliphatic hydroxyl groups is 1. The molecule has 17 heavy (non-hydrogen) atoms. The first-order chi connectivity index (χ1) is 8.20. The molecule has 1 aromatic carbocycles. The van der Waals surface area contributed by atoms with Crippen LogP contribution >= 0.6 is 0 Å². The van der Waals surface area contributed by atoms with E-state index in [2.05, 4.69) is 5.32 Å². The Bertz CT molecular complexity index is 378. The van der Waals surface area contributed by atoms with Crippen LogP contribution < -0.4 is 15.8 Å². The molecule has 4 heteroatoms. The van der Waals surface area contributed by atoms with Gasteiger partial charge in [-0.3, -0.25) is 0 Å². The molecule has 4 nitrogen and oxygen atoms in total. The van der Waals surface area contributed by atoms with Crippen LogP contribution in [0.1, 0.15) is 19.8 Å². The molecule has 0 saturated heterocycles. The molecule has 1 unspecified atom stereocenters. The van der Waals surface area contributed by atoms with Crippen LogP contribution in [0.4, 0.5) is 11.4 Å². The normalized spacial score (nSPS) is 16.6. The minimum Gasteiger partial charge on any atom is -0.492 e. The average molecular weight is 236 g/mol. The Labute approximate surface area is 102 Å². The van der Waals surface area contributed by atoms with Gasteiger partial charge in [0.05, 0.1) is 18.4 Å². The molecule has 1 aliphatic carbocycles. The first-order valence-corrected chi connectivity index (χ1v) is 6.15. The summed E-state index contributed by atoms with van der Waals surface area (Å²) in [5, 5.41) is 13.0. The first-order valence-electron chi connectivity index (χ1n) is 6.15. The summed E-state index contributed by atoms with van der Waals surface area (Å²) in [5.41, 5.74) is 7.36. The average Bonchev–Trinajstić information content (AvgIpc) is 3.14. The molecule has 0 radical (unpaired) electrons. The van der Waals surface area contributed by atoms with Gasteiger partial charge in [0.15, 0.2) is 0 Å². The predicted octanol–water partition coefficient (Wildman–Crippen LogP) is 1.85. The smallest absolute Gasteiger partial charge is 0.144 e. The molecular formula is C13H20N2O2. The van der Waals surface area contributed by atoms with Crippen LogP contribution in [0.2, 0.25) is 0 Å². The summed E-state index contributed by atoms with van der Waals surface area (Å²) in [6, 6.07) is 5.59. The van der Waals surface area contributed by atoms with Gasteiger partial charge in [0.2, 0.25) is 0 Å². The second-order valence-electron chi connectivity index (χ2n) is 4.47. The van der Waals surface area contributed by atoms with Crippen molar-refractivity contribution in [2.24, 2.45) is 5.92 Å². The van der Waals surface area contributed by atoms with Crippen molar-refractivity contribution in [3.05, 3.63) is 18.2 Å². The summed E-state index contributed by atoms with van der Waals surface area (Å²) in [5.74, 6) is 1.18. The van der Waals surface area contributed by atoms with E-state index in [1.54, 1.807) is 0 Å². The highest BCUT2D eigenvalue weighted by atomic mass is 16.5. The maximum Gasteiger partial charge on any atom is 0.144 e. The molecule has 2 rings (SSSR count). The first kappa shape index (κ1) is 12.0. The SMILES string of the molecule is CCOc1cc(NCC(O)C2CC2)ccc1N. The summed E-state index contributed by atoms with van der Waals surface area (Å²) < 4.78 is 5.42. The van der Waals surface area contributed by atoms with Gasteiger partial charge < -0.3 is 20.9 Å². The number of ether oxygens (including phenoxy) is 1. The van der Waals surface area contributed by atoms with Crippen LogP contribution in [0.15, 0.2) is 18.2 Å². The summed E-state index contributed by atoms with van der Waals surface area (Å²) in [7, 11) is 0. The fraction of sp³-hybridized carbons (Fsp3) is 0.538. The standard InChI is InChI=1S/C13H20N2O2/c1-2-17-13-7-10(5-6-11(13)14)15-8-12(16)9-3-4-9/h5-7,9,12,15-16H,2-4,8,14H2,1H3. The van der Waals surface area contributed by atoms with Crippen molar-refractivity contribution in [2.45, 2.75) is 25.9 Å². The molecule has 4 N–H and O–H groups in total. The third kappa shape index (κ3) is 3.27. The molecule has 1 atom stereocenters. The van der Waals surface area contributed by atoms with Crippen LogP contribution in [0.25, 0.3) is 0 Å². The van der Waals surface area contributed by atoms with E-state index in [-0.39, 0.29) is 6.10 Å². The van der Waals surface area contributed by atoms with Crippen LogP contribution in [-0.2, 0) is 0 Å². The number of anilines is 2. The molecule has 1 aromatic rings. The largest absolute Gasteiger partial charge is 0.492 e. The Morgan fingerprint density at radius 1 is 1.53 bits per heavy atom. The Morgan fingerprint density at radius 3 is 2.94 bits per heavy atom. The lowest BCUT2D eigenvalue weighted by Crippen LogP contribution is -2.21. The molecule has 1 saturated carbocycles. The van der Waals surface area contributed by atoms with Crippen LogP contribution in [0.3, 0.4) is 0 Å². The van der Waals surface area contributed by atoms with E-state index in [4.69, 9.17) is 10.5 Å². The number of hydrogen-bond donors (Lipinski definition) is 3. The molecule has 1 aliphatic rings. The van der Waals surface area contributed by atoms with Gasteiger partial charge in [-0.1, -0.05) is 0 Å². The zero-order valence-electron chi connectivity index (χ0n) is 10.1.